The summed E-state index contributed by atoms with van der Waals surface area (Å²) in [5.41, 5.74) is 1.37. The van der Waals surface area contributed by atoms with Gasteiger partial charge in [-0.1, -0.05) is 56.4 Å². The third-order valence-corrected chi connectivity index (χ3v) is 2.31. The molecule has 0 bridgehead atoms. The average Bonchev–Trinajstić information content (AvgIpc) is 2.16. The van der Waals surface area contributed by atoms with Gasteiger partial charge in [-0.15, -0.1) is 0 Å². The van der Waals surface area contributed by atoms with Gasteiger partial charge in [0, 0.05) is 0 Å². The maximum atomic E-state index is 2.29. The van der Waals surface area contributed by atoms with Crippen molar-refractivity contribution in [3.8, 4) is 0 Å². The number of hydrogen-bond donors (Lipinski definition) is 0. The molecule has 0 heteroatoms. The van der Waals surface area contributed by atoms with Crippen molar-refractivity contribution < 1.29 is 0 Å². The Bertz CT molecular complexity index is 151. The van der Waals surface area contributed by atoms with Crippen molar-refractivity contribution in [1.29, 1.82) is 0 Å². The van der Waals surface area contributed by atoms with Gasteiger partial charge in [0.15, 0.2) is 0 Å². The molecule has 0 heterocycles. The summed E-state index contributed by atoms with van der Waals surface area (Å²) >= 11 is 0. The molecule has 0 nitrogen and oxygen atoms in total. The van der Waals surface area contributed by atoms with E-state index < -0.39 is 0 Å². The van der Waals surface area contributed by atoms with Crippen LogP contribution in [0.5, 0.6) is 0 Å². The molecule has 0 aromatic rings. The second-order valence-corrected chi connectivity index (χ2v) is 3.64. The van der Waals surface area contributed by atoms with Gasteiger partial charge in [0.25, 0.3) is 0 Å². The maximum absolute atomic E-state index is 2.29. The molecule has 0 saturated carbocycles. The molecule has 0 N–H and O–H groups in total. The van der Waals surface area contributed by atoms with Crippen LogP contribution in [-0.4, -0.2) is 0 Å². The molecule has 76 valence electrons. The highest BCUT2D eigenvalue weighted by molar-refractivity contribution is 5.14. The lowest BCUT2D eigenvalue weighted by Gasteiger charge is -1.96. The van der Waals surface area contributed by atoms with E-state index in [2.05, 4.69) is 39.0 Å². The molecule has 0 amide bonds. The highest BCUT2D eigenvalue weighted by atomic mass is 13.9. The summed E-state index contributed by atoms with van der Waals surface area (Å²) in [7, 11) is 0. The van der Waals surface area contributed by atoms with Gasteiger partial charge in [0.1, 0.15) is 0 Å². The van der Waals surface area contributed by atoms with Crippen LogP contribution in [0.25, 0.3) is 0 Å². The average molecular weight is 180 g/mol. The first kappa shape index (κ1) is 12.5. The van der Waals surface area contributed by atoms with Crippen LogP contribution < -0.4 is 0 Å². The highest BCUT2D eigenvalue weighted by Gasteiger charge is 1.86. The zero-order valence-electron chi connectivity index (χ0n) is 9.47. The van der Waals surface area contributed by atoms with E-state index in [1.54, 1.807) is 0 Å². The predicted octanol–water partition coefficient (Wildman–Crippen LogP) is 4.87. The van der Waals surface area contributed by atoms with E-state index in [4.69, 9.17) is 0 Å². The van der Waals surface area contributed by atoms with Crippen LogP contribution in [0.1, 0.15) is 59.3 Å². The Balaban J connectivity index is 3.20. The lowest BCUT2D eigenvalue weighted by Crippen LogP contribution is -1.76. The molecule has 0 rings (SSSR count). The second kappa shape index (κ2) is 9.57. The fraction of sp³-hybridized carbons (Fsp3) is 0.692. The van der Waals surface area contributed by atoms with Gasteiger partial charge in [0.05, 0.1) is 0 Å². The van der Waals surface area contributed by atoms with E-state index in [0.29, 0.717) is 0 Å². The van der Waals surface area contributed by atoms with Crippen molar-refractivity contribution in [3.63, 3.8) is 0 Å². The van der Waals surface area contributed by atoms with Gasteiger partial charge < -0.3 is 0 Å². The monoisotopic (exact) mass is 180 g/mol. The van der Waals surface area contributed by atoms with Crippen LogP contribution in [0, 0.1) is 0 Å². The van der Waals surface area contributed by atoms with Gasteiger partial charge in [0.2, 0.25) is 0 Å². The van der Waals surface area contributed by atoms with Crippen LogP contribution in [0.3, 0.4) is 0 Å². The summed E-state index contributed by atoms with van der Waals surface area (Å²) in [6.45, 7) is 6.49. The van der Waals surface area contributed by atoms with Gasteiger partial charge in [-0.2, -0.15) is 0 Å². The van der Waals surface area contributed by atoms with E-state index in [1.807, 2.05) is 0 Å². The molecule has 0 spiro atoms. The van der Waals surface area contributed by atoms with Crippen molar-refractivity contribution in [1.82, 2.24) is 0 Å². The highest BCUT2D eigenvalue weighted by Crippen LogP contribution is 2.06. The van der Waals surface area contributed by atoms with Crippen molar-refractivity contribution in [3.05, 3.63) is 23.8 Å². The Labute approximate surface area is 83.7 Å². The van der Waals surface area contributed by atoms with E-state index >= 15 is 0 Å². The summed E-state index contributed by atoms with van der Waals surface area (Å²) in [5.74, 6) is 0. The van der Waals surface area contributed by atoms with Gasteiger partial charge in [-0.05, 0) is 26.7 Å². The summed E-state index contributed by atoms with van der Waals surface area (Å²) in [6, 6.07) is 0. The first-order chi connectivity index (χ1) is 6.31. The van der Waals surface area contributed by atoms with Crippen LogP contribution >= 0.6 is 0 Å². The SMILES string of the molecule is CC=C(C)C=CCCCCCCC. The molecular weight excluding hydrogens is 156 g/mol. The Morgan fingerprint density at radius 2 is 1.77 bits per heavy atom. The molecule has 0 aliphatic heterocycles. The second-order valence-electron chi connectivity index (χ2n) is 3.64. The largest absolute Gasteiger partial charge is 0.0847 e. The quantitative estimate of drug-likeness (QED) is 0.387. The fourth-order valence-corrected chi connectivity index (χ4v) is 1.23. The fourth-order valence-electron chi connectivity index (χ4n) is 1.23. The van der Waals surface area contributed by atoms with Crippen LogP contribution in [-0.2, 0) is 0 Å². The van der Waals surface area contributed by atoms with E-state index in [1.165, 1.54) is 44.1 Å². The van der Waals surface area contributed by atoms with Gasteiger partial charge >= 0.3 is 0 Å². The van der Waals surface area contributed by atoms with Crippen LogP contribution in [0.2, 0.25) is 0 Å². The van der Waals surface area contributed by atoms with Gasteiger partial charge in [-0.3, -0.25) is 0 Å². The molecule has 0 unspecified atom stereocenters. The lowest BCUT2D eigenvalue weighted by atomic mass is 10.1. The number of rotatable bonds is 7. The minimum absolute atomic E-state index is 1.24. The Morgan fingerprint density at radius 3 is 2.38 bits per heavy atom. The topological polar surface area (TPSA) is 0 Å². The molecule has 13 heavy (non-hydrogen) atoms. The van der Waals surface area contributed by atoms with E-state index in [9.17, 15) is 0 Å². The zero-order chi connectivity index (χ0) is 9.94. The number of allylic oxidation sites excluding steroid dienone is 4. The zero-order valence-corrected chi connectivity index (χ0v) is 9.47. The Hall–Kier alpha value is -0.520. The molecule has 0 fully saturated rings. The van der Waals surface area contributed by atoms with Crippen molar-refractivity contribution in [2.24, 2.45) is 0 Å². The Kier molecular flexibility index (Phi) is 9.18. The van der Waals surface area contributed by atoms with Crippen LogP contribution in [0.15, 0.2) is 23.8 Å². The maximum Gasteiger partial charge on any atom is -0.0348 e. The lowest BCUT2D eigenvalue weighted by molar-refractivity contribution is 0.637. The summed E-state index contributed by atoms with van der Waals surface area (Å²) in [6.07, 6.45) is 14.8. The molecule has 0 saturated heterocycles. The predicted molar refractivity (Wildman–Crippen MR) is 61.9 cm³/mol. The summed E-state index contributed by atoms with van der Waals surface area (Å²) in [4.78, 5) is 0. The van der Waals surface area contributed by atoms with E-state index in [-0.39, 0.29) is 0 Å². The molecule has 0 aliphatic rings. The third-order valence-electron chi connectivity index (χ3n) is 2.31. The van der Waals surface area contributed by atoms with Gasteiger partial charge in [-0.25, -0.2) is 0 Å². The number of hydrogen-bond acceptors (Lipinski definition) is 0. The molecular formula is C13H24. The smallest absolute Gasteiger partial charge is 0.0348 e. The third kappa shape index (κ3) is 9.39. The first-order valence-corrected chi connectivity index (χ1v) is 5.60. The minimum Gasteiger partial charge on any atom is -0.0847 e. The van der Waals surface area contributed by atoms with Crippen molar-refractivity contribution in [2.75, 3.05) is 0 Å². The van der Waals surface area contributed by atoms with Crippen molar-refractivity contribution >= 4 is 0 Å². The normalized spacial score (nSPS) is 12.7. The van der Waals surface area contributed by atoms with E-state index in [0.717, 1.165) is 0 Å². The molecule has 0 radical (unpaired) electrons. The number of unbranched alkanes of at least 4 members (excludes halogenated alkanes) is 5. The summed E-state index contributed by atoms with van der Waals surface area (Å²) in [5, 5.41) is 0. The van der Waals surface area contributed by atoms with Crippen LogP contribution in [0.4, 0.5) is 0 Å². The first-order valence-electron chi connectivity index (χ1n) is 5.60. The van der Waals surface area contributed by atoms with Crippen molar-refractivity contribution in [2.45, 2.75) is 59.3 Å². The summed E-state index contributed by atoms with van der Waals surface area (Å²) < 4.78 is 0. The molecule has 0 aromatic heterocycles. The molecule has 0 aliphatic carbocycles. The molecule has 0 aromatic carbocycles. The standard InChI is InChI=1S/C13H24/c1-4-6-7-8-9-10-11-12-13(3)5-2/h5,11-12H,4,6-10H2,1-3H3. The Morgan fingerprint density at radius 1 is 1.08 bits per heavy atom. The minimum atomic E-state index is 1.24. The molecule has 0 atom stereocenters.